The molecule has 4 nitrogen and oxygen atoms in total. The van der Waals surface area contributed by atoms with E-state index in [-0.39, 0.29) is 0 Å². The third kappa shape index (κ3) is 3.41. The number of rotatable bonds is 5. The lowest BCUT2D eigenvalue weighted by molar-refractivity contribution is 0.521. The third-order valence-electron chi connectivity index (χ3n) is 3.52. The Morgan fingerprint density at radius 3 is 2.17 bits per heavy atom. The van der Waals surface area contributed by atoms with Crippen LogP contribution in [0.25, 0.3) is 32.9 Å². The predicted octanol–water partition coefficient (Wildman–Crippen LogP) is 6.07. The van der Waals surface area contributed by atoms with Crippen LogP contribution in [0.15, 0.2) is 70.2 Å². The first kappa shape index (κ1) is 15.6. The minimum Gasteiger partial charge on any atom is -0.459 e. The Morgan fingerprint density at radius 1 is 0.957 bits per heavy atom. The first-order chi connectivity index (χ1) is 11.3. The molecule has 0 atom stereocenters. The smallest absolute Gasteiger partial charge is 0.143 e. The fourth-order valence-corrected chi connectivity index (χ4v) is 3.41. The predicted molar refractivity (Wildman–Crippen MR) is 100 cm³/mol. The maximum Gasteiger partial charge on any atom is 0.143 e. The number of hydrogen-bond donors (Lipinski definition) is 0. The van der Waals surface area contributed by atoms with Crippen molar-refractivity contribution in [2.45, 2.75) is 6.42 Å². The molecular weight excluding hydrogens is 401 g/mol. The van der Waals surface area contributed by atoms with Crippen molar-refractivity contribution in [3.63, 3.8) is 0 Å². The molecule has 23 heavy (non-hydrogen) atoms. The van der Waals surface area contributed by atoms with Crippen molar-refractivity contribution in [3.05, 3.63) is 80.4 Å². The molecule has 1 heterocycles. The standard InChI is InChI=1S/C18H14IN3O/c19-17-15(11-12-21-22-20)23-18(14-9-5-2-6-10-14)16(17)13-7-3-1-4-8-13/h1-10H,11-12H2. The molecule has 1 aromatic heterocycles. The summed E-state index contributed by atoms with van der Waals surface area (Å²) in [5, 5.41) is 3.61. The van der Waals surface area contributed by atoms with Crippen LogP contribution in [0.2, 0.25) is 0 Å². The molecule has 2 aromatic carbocycles. The average Bonchev–Trinajstić information content (AvgIpc) is 2.93. The van der Waals surface area contributed by atoms with Gasteiger partial charge in [0, 0.05) is 29.0 Å². The lowest BCUT2D eigenvalue weighted by Gasteiger charge is -2.03. The van der Waals surface area contributed by atoms with E-state index >= 15 is 0 Å². The molecule has 0 aliphatic heterocycles. The van der Waals surface area contributed by atoms with E-state index in [0.29, 0.717) is 13.0 Å². The molecule has 114 valence electrons. The van der Waals surface area contributed by atoms with Gasteiger partial charge in [-0.05, 0) is 33.7 Å². The number of azide groups is 1. The summed E-state index contributed by atoms with van der Waals surface area (Å²) in [7, 11) is 0. The van der Waals surface area contributed by atoms with E-state index in [9.17, 15) is 0 Å². The van der Waals surface area contributed by atoms with Crippen molar-refractivity contribution in [3.8, 4) is 22.5 Å². The second kappa shape index (κ2) is 7.35. The second-order valence-electron chi connectivity index (χ2n) is 4.98. The maximum atomic E-state index is 8.46. The Balaban J connectivity index is 2.13. The monoisotopic (exact) mass is 415 g/mol. The van der Waals surface area contributed by atoms with Gasteiger partial charge in [-0.25, -0.2) is 0 Å². The minimum atomic E-state index is 0.391. The number of hydrogen-bond acceptors (Lipinski definition) is 2. The van der Waals surface area contributed by atoms with Gasteiger partial charge in [0.2, 0.25) is 0 Å². The van der Waals surface area contributed by atoms with Gasteiger partial charge in [-0.1, -0.05) is 65.8 Å². The van der Waals surface area contributed by atoms with Crippen molar-refractivity contribution in [1.82, 2.24) is 0 Å². The van der Waals surface area contributed by atoms with Crippen molar-refractivity contribution in [2.24, 2.45) is 5.11 Å². The highest BCUT2D eigenvalue weighted by molar-refractivity contribution is 14.1. The van der Waals surface area contributed by atoms with Gasteiger partial charge >= 0.3 is 0 Å². The van der Waals surface area contributed by atoms with Gasteiger partial charge in [0.05, 0.1) is 3.57 Å². The molecule has 0 unspecified atom stereocenters. The van der Waals surface area contributed by atoms with Crippen LogP contribution in [0.3, 0.4) is 0 Å². The SMILES string of the molecule is [N-]=[N+]=NCCc1oc(-c2ccccc2)c(-c2ccccc2)c1I. The Bertz CT molecular complexity index is 837. The minimum absolute atomic E-state index is 0.391. The van der Waals surface area contributed by atoms with E-state index in [1.807, 2.05) is 48.5 Å². The highest BCUT2D eigenvalue weighted by Gasteiger charge is 2.20. The normalized spacial score (nSPS) is 10.3. The second-order valence-corrected chi connectivity index (χ2v) is 6.06. The highest BCUT2D eigenvalue weighted by Crippen LogP contribution is 2.40. The van der Waals surface area contributed by atoms with Crippen molar-refractivity contribution < 1.29 is 4.42 Å². The lowest BCUT2D eigenvalue weighted by atomic mass is 10.0. The Hall–Kier alpha value is -2.24. The van der Waals surface area contributed by atoms with E-state index in [1.54, 1.807) is 0 Å². The van der Waals surface area contributed by atoms with E-state index in [0.717, 1.165) is 31.8 Å². The molecule has 3 aromatic rings. The molecule has 0 aliphatic rings. The molecule has 0 fully saturated rings. The van der Waals surface area contributed by atoms with Crippen LogP contribution in [-0.4, -0.2) is 6.54 Å². The zero-order chi connectivity index (χ0) is 16.1. The van der Waals surface area contributed by atoms with Gasteiger partial charge in [0.1, 0.15) is 11.5 Å². The first-order valence-electron chi connectivity index (χ1n) is 7.24. The Morgan fingerprint density at radius 2 is 1.57 bits per heavy atom. The Kier molecular flexibility index (Phi) is 5.00. The molecule has 0 aliphatic carbocycles. The van der Waals surface area contributed by atoms with Crippen molar-refractivity contribution >= 4 is 22.6 Å². The summed E-state index contributed by atoms with van der Waals surface area (Å²) in [5.74, 6) is 1.72. The summed E-state index contributed by atoms with van der Waals surface area (Å²) in [4.78, 5) is 2.81. The summed E-state index contributed by atoms with van der Waals surface area (Å²) in [6, 6.07) is 20.3. The molecule has 0 bridgehead atoms. The van der Waals surface area contributed by atoms with E-state index in [1.165, 1.54) is 0 Å². The van der Waals surface area contributed by atoms with E-state index in [2.05, 4.69) is 44.7 Å². The van der Waals surface area contributed by atoms with Gasteiger partial charge in [0.25, 0.3) is 0 Å². The van der Waals surface area contributed by atoms with Crippen LogP contribution in [0, 0.1) is 3.57 Å². The van der Waals surface area contributed by atoms with Gasteiger partial charge in [-0.3, -0.25) is 0 Å². The van der Waals surface area contributed by atoms with Crippen LogP contribution >= 0.6 is 22.6 Å². The summed E-state index contributed by atoms with van der Waals surface area (Å²) in [6.45, 7) is 0.391. The van der Waals surface area contributed by atoms with Crippen LogP contribution in [-0.2, 0) is 6.42 Å². The van der Waals surface area contributed by atoms with Crippen LogP contribution in [0.5, 0.6) is 0 Å². The van der Waals surface area contributed by atoms with Crippen molar-refractivity contribution in [1.29, 1.82) is 0 Å². The number of benzene rings is 2. The Labute approximate surface area is 147 Å². The molecule has 0 saturated carbocycles. The molecule has 0 amide bonds. The molecular formula is C18H14IN3O. The van der Waals surface area contributed by atoms with Gasteiger partial charge in [0.15, 0.2) is 0 Å². The summed E-state index contributed by atoms with van der Waals surface area (Å²) in [6.07, 6.45) is 0.592. The lowest BCUT2D eigenvalue weighted by Crippen LogP contribution is -1.89. The average molecular weight is 415 g/mol. The zero-order valence-corrected chi connectivity index (χ0v) is 14.5. The molecule has 5 heteroatoms. The number of furan rings is 1. The highest BCUT2D eigenvalue weighted by atomic mass is 127. The van der Waals surface area contributed by atoms with Gasteiger partial charge < -0.3 is 4.42 Å². The van der Waals surface area contributed by atoms with Gasteiger partial charge in [-0.2, -0.15) is 0 Å². The molecule has 0 spiro atoms. The van der Waals surface area contributed by atoms with Crippen LogP contribution in [0.1, 0.15) is 5.76 Å². The fourth-order valence-electron chi connectivity index (χ4n) is 2.47. The topological polar surface area (TPSA) is 61.9 Å². The van der Waals surface area contributed by atoms with Crippen LogP contribution < -0.4 is 0 Å². The molecule has 0 radical (unpaired) electrons. The zero-order valence-electron chi connectivity index (χ0n) is 12.3. The fraction of sp³-hybridized carbons (Fsp3) is 0.111. The van der Waals surface area contributed by atoms with Gasteiger partial charge in [-0.15, -0.1) is 0 Å². The maximum absolute atomic E-state index is 8.46. The molecule has 0 N–H and O–H groups in total. The molecule has 3 rings (SSSR count). The van der Waals surface area contributed by atoms with Crippen molar-refractivity contribution in [2.75, 3.05) is 6.54 Å². The summed E-state index contributed by atoms with van der Waals surface area (Å²) < 4.78 is 7.21. The third-order valence-corrected chi connectivity index (χ3v) is 4.66. The summed E-state index contributed by atoms with van der Waals surface area (Å²) >= 11 is 2.32. The summed E-state index contributed by atoms with van der Waals surface area (Å²) in [5.41, 5.74) is 11.7. The number of nitrogens with zero attached hydrogens (tertiary/aromatic N) is 3. The largest absolute Gasteiger partial charge is 0.459 e. The van der Waals surface area contributed by atoms with E-state index < -0.39 is 0 Å². The van der Waals surface area contributed by atoms with E-state index in [4.69, 9.17) is 9.95 Å². The first-order valence-corrected chi connectivity index (χ1v) is 8.32. The number of halogens is 1. The molecule has 0 saturated heterocycles. The van der Waals surface area contributed by atoms with Crippen LogP contribution in [0.4, 0.5) is 0 Å². The quantitative estimate of drug-likeness (QED) is 0.216.